The quantitative estimate of drug-likeness (QED) is 0.210. The van der Waals surface area contributed by atoms with Gasteiger partial charge in [-0.1, -0.05) is 92.7 Å². The number of benzene rings is 5. The summed E-state index contributed by atoms with van der Waals surface area (Å²) in [5.74, 6) is 1.34. The molecule has 0 N–H and O–H groups in total. The van der Waals surface area contributed by atoms with Gasteiger partial charge in [-0.3, -0.25) is 0 Å². The molecule has 5 aromatic carbocycles. The minimum Gasteiger partial charge on any atom is -0.330 e. The maximum atomic E-state index is 6.72. The van der Waals surface area contributed by atoms with E-state index >= 15 is 0 Å². The summed E-state index contributed by atoms with van der Waals surface area (Å²) in [5.41, 5.74) is 4.48. The van der Waals surface area contributed by atoms with Crippen LogP contribution < -0.4 is 4.84 Å². The number of rotatable bonds is 4. The van der Waals surface area contributed by atoms with E-state index in [-0.39, 0.29) is 0 Å². The van der Waals surface area contributed by atoms with E-state index in [1.807, 2.05) is 11.2 Å². The maximum Gasteiger partial charge on any atom is 0.238 e. The lowest BCUT2D eigenvalue weighted by molar-refractivity contribution is -0.691. The van der Waals surface area contributed by atoms with Gasteiger partial charge in [-0.05, 0) is 49.5 Å². The molecule has 0 unspecified atom stereocenters. The van der Waals surface area contributed by atoms with Gasteiger partial charge in [0.05, 0.1) is 5.56 Å². The first kappa shape index (κ1) is 20.5. The van der Waals surface area contributed by atoms with Crippen molar-refractivity contribution < 1.29 is 9.52 Å². The third kappa shape index (κ3) is 3.50. The van der Waals surface area contributed by atoms with Gasteiger partial charge in [0, 0.05) is 23.3 Å². The number of hydrogen-bond acceptors (Lipinski definition) is 2. The first-order valence-corrected chi connectivity index (χ1v) is 11.9. The van der Waals surface area contributed by atoms with E-state index in [2.05, 4.69) is 122 Å². The molecule has 1 aliphatic heterocycles. The van der Waals surface area contributed by atoms with Gasteiger partial charge in [0.1, 0.15) is 6.54 Å². The van der Waals surface area contributed by atoms with Crippen LogP contribution in [0.3, 0.4) is 0 Å². The van der Waals surface area contributed by atoms with E-state index in [1.165, 1.54) is 27.1 Å². The van der Waals surface area contributed by atoms with E-state index < -0.39 is 0 Å². The van der Waals surface area contributed by atoms with Crippen molar-refractivity contribution in [2.45, 2.75) is 13.8 Å². The number of hydrogen-bond donors (Lipinski definition) is 0. The summed E-state index contributed by atoms with van der Waals surface area (Å²) in [7, 11) is 0. The van der Waals surface area contributed by atoms with Crippen molar-refractivity contribution in [3.63, 3.8) is 0 Å². The van der Waals surface area contributed by atoms with Crippen molar-refractivity contribution in [2.24, 2.45) is 5.92 Å². The molecule has 0 bridgehead atoms. The zero-order valence-corrected chi connectivity index (χ0v) is 19.5. The van der Waals surface area contributed by atoms with Crippen molar-refractivity contribution >= 4 is 33.4 Å². The predicted molar refractivity (Wildman–Crippen MR) is 141 cm³/mol. The first-order valence-electron chi connectivity index (χ1n) is 11.9. The molecule has 1 aliphatic rings. The van der Waals surface area contributed by atoms with Gasteiger partial charge in [0.25, 0.3) is 0 Å². The number of hydrazone groups is 1. The van der Waals surface area contributed by atoms with Crippen molar-refractivity contribution in [1.29, 1.82) is 0 Å². The summed E-state index contributed by atoms with van der Waals surface area (Å²) >= 11 is 0. The second-order valence-corrected chi connectivity index (χ2v) is 9.25. The maximum absolute atomic E-state index is 6.72. The van der Waals surface area contributed by atoms with E-state index in [1.54, 1.807) is 0 Å². The molecule has 0 spiro atoms. The van der Waals surface area contributed by atoms with Crippen LogP contribution in [0, 0.1) is 5.92 Å². The summed E-state index contributed by atoms with van der Waals surface area (Å²) in [6, 6.07) is 36.4. The summed E-state index contributed by atoms with van der Waals surface area (Å²) in [4.78, 5) is 6.72. The molecule has 0 saturated carbocycles. The predicted octanol–water partition coefficient (Wildman–Crippen LogP) is 7.60. The zero-order valence-electron chi connectivity index (χ0n) is 19.5. The normalized spacial score (nSPS) is 13.1. The highest BCUT2D eigenvalue weighted by molar-refractivity contribution is 6.14. The molecule has 1 heterocycles. The summed E-state index contributed by atoms with van der Waals surface area (Å²) < 4.78 is 2.12. The second kappa shape index (κ2) is 8.35. The Kier molecular flexibility index (Phi) is 5.03. The Balaban J connectivity index is 1.62. The highest BCUT2D eigenvalue weighted by atomic mass is 16.7. The average molecular weight is 444 g/mol. The van der Waals surface area contributed by atoms with Crippen LogP contribution in [0.5, 0.6) is 5.75 Å². The van der Waals surface area contributed by atoms with Crippen LogP contribution in [0.25, 0.3) is 32.7 Å². The van der Waals surface area contributed by atoms with Gasteiger partial charge >= 0.3 is 0 Å². The molecule has 166 valence electrons. The molecule has 0 radical (unpaired) electrons. The summed E-state index contributed by atoms with van der Waals surface area (Å²) in [6.45, 7) is 5.20. The monoisotopic (exact) mass is 443 g/mol. The number of fused-ring (bicyclic) bond motifs is 3. The molecule has 0 aromatic heterocycles. The Morgan fingerprint density at radius 2 is 1.38 bits per heavy atom. The fraction of sp³-hybridized carbons (Fsp3) is 0.129. The van der Waals surface area contributed by atoms with Crippen LogP contribution in [0.4, 0.5) is 5.69 Å². The molecular formula is C31H27N2O+. The highest BCUT2D eigenvalue weighted by Crippen LogP contribution is 2.43. The molecule has 0 amide bonds. The van der Waals surface area contributed by atoms with Crippen LogP contribution in [0.2, 0.25) is 0 Å². The van der Waals surface area contributed by atoms with Crippen LogP contribution >= 0.6 is 0 Å². The standard InChI is InChI=1S/C31H27N2O/c1-22(2)20-33-32(26-14-4-3-5-15-26)21-25-13-10-18-29(31(25)34-33)30-27-16-8-6-11-23(27)19-24-12-7-9-17-28(24)30/h3-19,21-22H,20H2,1-2H3/q+1. The van der Waals surface area contributed by atoms with Crippen LogP contribution in [-0.2, 0) is 0 Å². The molecule has 34 heavy (non-hydrogen) atoms. The SMILES string of the molecule is CC(C)CN1Oc2c(cccc2-c2c3ccccc3cc3ccccc23)C=[N+]1c1ccccc1. The third-order valence-corrected chi connectivity index (χ3v) is 6.33. The number of hydrazine groups is 1. The van der Waals surface area contributed by atoms with Crippen molar-refractivity contribution in [2.75, 3.05) is 6.54 Å². The second-order valence-electron chi connectivity index (χ2n) is 9.25. The molecule has 3 nitrogen and oxygen atoms in total. The fourth-order valence-corrected chi connectivity index (χ4v) is 4.83. The summed E-state index contributed by atoms with van der Waals surface area (Å²) in [5, 5.41) is 6.93. The Morgan fingerprint density at radius 3 is 2.06 bits per heavy atom. The van der Waals surface area contributed by atoms with E-state index in [0.717, 1.165) is 29.1 Å². The Bertz CT molecular complexity index is 1480. The molecule has 6 rings (SSSR count). The lowest BCUT2D eigenvalue weighted by atomic mass is 9.90. The minimum atomic E-state index is 0.437. The van der Waals surface area contributed by atoms with Gasteiger partial charge in [-0.25, -0.2) is 0 Å². The lowest BCUT2D eigenvalue weighted by Gasteiger charge is -2.27. The van der Waals surface area contributed by atoms with Crippen LogP contribution in [0.1, 0.15) is 19.4 Å². The molecule has 0 atom stereocenters. The lowest BCUT2D eigenvalue weighted by Crippen LogP contribution is -2.41. The highest BCUT2D eigenvalue weighted by Gasteiger charge is 2.31. The fourth-order valence-electron chi connectivity index (χ4n) is 4.83. The van der Waals surface area contributed by atoms with Crippen molar-refractivity contribution in [1.82, 2.24) is 5.17 Å². The first-order chi connectivity index (χ1) is 16.7. The summed E-state index contributed by atoms with van der Waals surface area (Å²) in [6.07, 6.45) is 2.19. The molecule has 5 aromatic rings. The van der Waals surface area contributed by atoms with Crippen molar-refractivity contribution in [3.05, 3.63) is 109 Å². The topological polar surface area (TPSA) is 15.5 Å². The van der Waals surface area contributed by atoms with Crippen molar-refractivity contribution in [3.8, 4) is 16.9 Å². The van der Waals surface area contributed by atoms with E-state index in [4.69, 9.17) is 4.84 Å². The minimum absolute atomic E-state index is 0.437. The Hall–Kier alpha value is -4.11. The zero-order chi connectivity index (χ0) is 23.1. The van der Waals surface area contributed by atoms with Crippen LogP contribution in [0.15, 0.2) is 103 Å². The largest absolute Gasteiger partial charge is 0.330 e. The molecule has 3 heteroatoms. The van der Waals surface area contributed by atoms with E-state index in [0.29, 0.717) is 5.92 Å². The molecule has 0 saturated heterocycles. The Labute approximate surface area is 200 Å². The van der Waals surface area contributed by atoms with Gasteiger partial charge in [0.15, 0.2) is 5.75 Å². The van der Waals surface area contributed by atoms with E-state index in [9.17, 15) is 0 Å². The average Bonchev–Trinajstić information content (AvgIpc) is 2.87. The third-order valence-electron chi connectivity index (χ3n) is 6.33. The molecule has 0 aliphatic carbocycles. The molecular weight excluding hydrogens is 416 g/mol. The number of para-hydroxylation sites is 2. The molecule has 0 fully saturated rings. The van der Waals surface area contributed by atoms with Gasteiger partial charge < -0.3 is 4.84 Å². The van der Waals surface area contributed by atoms with Gasteiger partial charge in [0.2, 0.25) is 11.9 Å². The van der Waals surface area contributed by atoms with Gasteiger partial charge in [-0.2, -0.15) is 0 Å². The van der Waals surface area contributed by atoms with Crippen LogP contribution in [-0.4, -0.2) is 22.6 Å². The smallest absolute Gasteiger partial charge is 0.238 e. The number of nitrogens with zero attached hydrogens (tertiary/aromatic N) is 2. The van der Waals surface area contributed by atoms with Gasteiger partial charge in [-0.15, -0.1) is 0 Å². The number of hydroxylamine groups is 1. The Morgan fingerprint density at radius 1 is 0.735 bits per heavy atom.